The van der Waals surface area contributed by atoms with Gasteiger partial charge in [-0.25, -0.2) is 10.2 Å². The molecular weight excluding hydrogens is 348 g/mol. The Morgan fingerprint density at radius 1 is 0.926 bits per heavy atom. The van der Waals surface area contributed by atoms with Crippen LogP contribution in [-0.2, 0) is 16.1 Å². The van der Waals surface area contributed by atoms with Gasteiger partial charge in [-0.2, -0.15) is 0 Å². The van der Waals surface area contributed by atoms with Gasteiger partial charge in [-0.1, -0.05) is 36.4 Å². The summed E-state index contributed by atoms with van der Waals surface area (Å²) >= 11 is 0. The van der Waals surface area contributed by atoms with E-state index in [1.165, 1.54) is 7.11 Å². The van der Waals surface area contributed by atoms with Gasteiger partial charge in [0.1, 0.15) is 12.4 Å². The van der Waals surface area contributed by atoms with Crippen molar-refractivity contribution in [3.63, 3.8) is 0 Å². The number of carbonyl (C=O) groups excluding carboxylic acids is 2. The Morgan fingerprint density at radius 3 is 2.33 bits per heavy atom. The molecule has 0 bridgehead atoms. The number of benzene rings is 2. The van der Waals surface area contributed by atoms with Crippen molar-refractivity contribution in [2.75, 3.05) is 20.3 Å². The highest BCUT2D eigenvalue weighted by atomic mass is 16.6. The van der Waals surface area contributed by atoms with Crippen LogP contribution in [-0.4, -0.2) is 32.3 Å². The molecule has 0 saturated heterocycles. The Balaban J connectivity index is 1.56. The van der Waals surface area contributed by atoms with E-state index in [2.05, 4.69) is 10.9 Å². The van der Waals surface area contributed by atoms with Crippen molar-refractivity contribution in [3.8, 4) is 5.75 Å². The molecule has 0 aromatic heterocycles. The second-order valence-electron chi connectivity index (χ2n) is 5.38. The summed E-state index contributed by atoms with van der Waals surface area (Å²) in [5.74, 6) is 0.179. The van der Waals surface area contributed by atoms with Crippen molar-refractivity contribution >= 4 is 12.0 Å². The van der Waals surface area contributed by atoms with Crippen LogP contribution in [0.25, 0.3) is 0 Å². The topological polar surface area (TPSA) is 85.9 Å². The maximum atomic E-state index is 11.9. The van der Waals surface area contributed by atoms with Crippen molar-refractivity contribution in [1.82, 2.24) is 10.9 Å². The molecule has 2 N–H and O–H groups in total. The summed E-state index contributed by atoms with van der Waals surface area (Å²) in [7, 11) is 1.54. The lowest BCUT2D eigenvalue weighted by Crippen LogP contribution is -2.41. The summed E-state index contributed by atoms with van der Waals surface area (Å²) in [6, 6.07) is 16.3. The minimum Gasteiger partial charge on any atom is -0.497 e. The molecule has 0 radical (unpaired) electrons. The summed E-state index contributed by atoms with van der Waals surface area (Å²) in [5.41, 5.74) is 5.91. The Hall–Kier alpha value is -3.32. The van der Waals surface area contributed by atoms with E-state index in [0.717, 1.165) is 5.56 Å². The summed E-state index contributed by atoms with van der Waals surface area (Å²) in [4.78, 5) is 23.4. The number of rotatable bonds is 8. The molecule has 0 atom stereocenters. The molecule has 0 unspecified atom stereocenters. The minimum absolute atomic E-state index is 0.0684. The highest BCUT2D eigenvalue weighted by molar-refractivity contribution is 5.95. The highest BCUT2D eigenvalue weighted by Gasteiger charge is 2.07. The van der Waals surface area contributed by atoms with Gasteiger partial charge in [-0.05, 0) is 35.9 Å². The molecule has 2 aromatic carbocycles. The van der Waals surface area contributed by atoms with E-state index < -0.39 is 12.0 Å². The summed E-state index contributed by atoms with van der Waals surface area (Å²) in [6.07, 6.45) is 2.66. The molecular formula is C20H22N2O5. The Kier molecular flexibility index (Phi) is 8.39. The lowest BCUT2D eigenvalue weighted by molar-refractivity contribution is 0.0915. The smallest absolute Gasteiger partial charge is 0.426 e. The second kappa shape index (κ2) is 11.3. The quantitative estimate of drug-likeness (QED) is 0.424. The van der Waals surface area contributed by atoms with Crippen LogP contribution in [0.1, 0.15) is 15.9 Å². The van der Waals surface area contributed by atoms with Crippen LogP contribution in [0.15, 0.2) is 66.7 Å². The third-order valence-electron chi connectivity index (χ3n) is 3.43. The zero-order valence-electron chi connectivity index (χ0n) is 15.0. The SMILES string of the molecule is COc1ccc(C(=O)NNC(=O)OC/C=C/COCc2ccccc2)cc1. The number of nitrogens with one attached hydrogen (secondary N) is 2. The van der Waals surface area contributed by atoms with Gasteiger partial charge in [0.2, 0.25) is 0 Å². The molecule has 0 saturated carbocycles. The van der Waals surface area contributed by atoms with E-state index in [1.54, 1.807) is 36.4 Å². The molecule has 2 rings (SSSR count). The monoisotopic (exact) mass is 370 g/mol. The predicted octanol–water partition coefficient (Wildman–Crippen LogP) is 2.84. The number of hydrazine groups is 1. The number of amides is 2. The number of methoxy groups -OCH3 is 1. The molecule has 7 nitrogen and oxygen atoms in total. The first-order chi connectivity index (χ1) is 13.2. The molecule has 2 aromatic rings. The van der Waals surface area contributed by atoms with E-state index in [-0.39, 0.29) is 6.61 Å². The van der Waals surface area contributed by atoms with Crippen molar-refractivity contribution in [2.24, 2.45) is 0 Å². The minimum atomic E-state index is -0.758. The van der Waals surface area contributed by atoms with E-state index in [4.69, 9.17) is 14.2 Å². The number of carbonyl (C=O) groups is 2. The maximum Gasteiger partial charge on any atom is 0.426 e. The summed E-state index contributed by atoms with van der Waals surface area (Å²) in [5, 5.41) is 0. The first-order valence-electron chi connectivity index (χ1n) is 8.33. The second-order valence-corrected chi connectivity index (χ2v) is 5.38. The molecule has 0 aliphatic heterocycles. The first kappa shape index (κ1) is 20.0. The van der Waals surface area contributed by atoms with Crippen molar-refractivity contribution in [2.45, 2.75) is 6.61 Å². The molecule has 142 valence electrons. The molecule has 7 heteroatoms. The highest BCUT2D eigenvalue weighted by Crippen LogP contribution is 2.10. The van der Waals surface area contributed by atoms with Crippen molar-refractivity contribution < 1.29 is 23.8 Å². The van der Waals surface area contributed by atoms with Crippen LogP contribution < -0.4 is 15.6 Å². The fourth-order valence-corrected chi connectivity index (χ4v) is 2.04. The van der Waals surface area contributed by atoms with Crippen molar-refractivity contribution in [3.05, 3.63) is 77.9 Å². The standard InChI is InChI=1S/C20H22N2O5/c1-25-18-11-9-17(10-12-18)19(23)21-22-20(24)27-14-6-5-13-26-15-16-7-3-2-4-8-16/h2-12H,13-15H2,1H3,(H,21,23)(H,22,24)/b6-5+. The van der Waals surface area contributed by atoms with Crippen LogP contribution >= 0.6 is 0 Å². The third-order valence-corrected chi connectivity index (χ3v) is 3.43. The van der Waals surface area contributed by atoms with E-state index in [9.17, 15) is 9.59 Å². The Bertz CT molecular complexity index is 745. The molecule has 0 aliphatic carbocycles. The number of hydrogen-bond donors (Lipinski definition) is 2. The number of ether oxygens (including phenoxy) is 3. The zero-order chi connectivity index (χ0) is 19.3. The molecule has 0 aliphatic rings. The fourth-order valence-electron chi connectivity index (χ4n) is 2.04. The summed E-state index contributed by atoms with van der Waals surface area (Å²) < 4.78 is 15.4. The average Bonchev–Trinajstić information content (AvgIpc) is 2.72. The van der Waals surface area contributed by atoms with Crippen LogP contribution in [0.3, 0.4) is 0 Å². The molecule has 0 heterocycles. The van der Waals surface area contributed by atoms with Gasteiger partial charge in [-0.15, -0.1) is 0 Å². The van der Waals surface area contributed by atoms with Crippen LogP contribution in [0, 0.1) is 0 Å². The molecule has 2 amide bonds. The van der Waals surface area contributed by atoms with Gasteiger partial charge >= 0.3 is 6.09 Å². The normalized spacial score (nSPS) is 10.4. The zero-order valence-corrected chi connectivity index (χ0v) is 15.0. The van der Waals surface area contributed by atoms with E-state index in [1.807, 2.05) is 30.3 Å². The molecule has 27 heavy (non-hydrogen) atoms. The lowest BCUT2D eigenvalue weighted by Gasteiger charge is -2.07. The van der Waals surface area contributed by atoms with Gasteiger partial charge in [-0.3, -0.25) is 10.2 Å². The maximum absolute atomic E-state index is 11.9. The Morgan fingerprint density at radius 2 is 1.63 bits per heavy atom. The lowest BCUT2D eigenvalue weighted by atomic mass is 10.2. The van der Waals surface area contributed by atoms with Crippen LogP contribution in [0.2, 0.25) is 0 Å². The number of hydrogen-bond acceptors (Lipinski definition) is 5. The molecule has 0 fully saturated rings. The van der Waals surface area contributed by atoms with Gasteiger partial charge < -0.3 is 14.2 Å². The average molecular weight is 370 g/mol. The Labute approximate surface area is 157 Å². The van der Waals surface area contributed by atoms with Gasteiger partial charge in [0.15, 0.2) is 0 Å². The first-order valence-corrected chi connectivity index (χ1v) is 8.33. The summed E-state index contributed by atoms with van der Waals surface area (Å²) in [6.45, 7) is 0.997. The van der Waals surface area contributed by atoms with E-state index >= 15 is 0 Å². The predicted molar refractivity (Wildman–Crippen MR) is 100 cm³/mol. The van der Waals surface area contributed by atoms with Crippen LogP contribution in [0.5, 0.6) is 5.75 Å². The third kappa shape index (κ3) is 7.62. The van der Waals surface area contributed by atoms with Gasteiger partial charge in [0.05, 0.1) is 20.3 Å². The van der Waals surface area contributed by atoms with Gasteiger partial charge in [0, 0.05) is 5.56 Å². The van der Waals surface area contributed by atoms with Gasteiger partial charge in [0.25, 0.3) is 5.91 Å². The fraction of sp³-hybridized carbons (Fsp3) is 0.200. The molecule has 0 spiro atoms. The van der Waals surface area contributed by atoms with Crippen LogP contribution in [0.4, 0.5) is 4.79 Å². The van der Waals surface area contributed by atoms with Crippen molar-refractivity contribution in [1.29, 1.82) is 0 Å². The van der Waals surface area contributed by atoms with E-state index in [0.29, 0.717) is 24.5 Å². The largest absolute Gasteiger partial charge is 0.497 e.